The van der Waals surface area contributed by atoms with E-state index < -0.39 is 0 Å². The Morgan fingerprint density at radius 1 is 1.35 bits per heavy atom. The lowest BCUT2D eigenvalue weighted by atomic mass is 10.1. The largest absolute Gasteiger partial charge is 0.356 e. The minimum Gasteiger partial charge on any atom is -0.356 e. The molecule has 0 aliphatic heterocycles. The summed E-state index contributed by atoms with van der Waals surface area (Å²) in [5.74, 6) is 0.807. The topological polar surface area (TPSA) is 33.2 Å². The van der Waals surface area contributed by atoms with Gasteiger partial charge in [0.2, 0.25) is 0 Å². The van der Waals surface area contributed by atoms with Crippen LogP contribution in [-0.4, -0.2) is 24.4 Å². The fourth-order valence-electron chi connectivity index (χ4n) is 2.13. The zero-order chi connectivity index (χ0) is 11.8. The van der Waals surface area contributed by atoms with E-state index in [1.165, 1.54) is 12.8 Å². The lowest BCUT2D eigenvalue weighted by Crippen LogP contribution is -2.22. The summed E-state index contributed by atoms with van der Waals surface area (Å²) in [4.78, 5) is 17.9. The first-order valence-electron chi connectivity index (χ1n) is 5.87. The molecule has 1 aromatic heterocycles. The van der Waals surface area contributed by atoms with Gasteiger partial charge in [-0.3, -0.25) is 4.79 Å². The van der Waals surface area contributed by atoms with Crippen molar-refractivity contribution in [2.75, 3.05) is 11.9 Å². The number of rotatable bonds is 3. The second-order valence-corrected chi connectivity index (χ2v) is 4.55. The van der Waals surface area contributed by atoms with Gasteiger partial charge in [-0.15, -0.1) is 0 Å². The summed E-state index contributed by atoms with van der Waals surface area (Å²) in [6.07, 6.45) is 3.29. The summed E-state index contributed by atoms with van der Waals surface area (Å²) < 4.78 is 0. The van der Waals surface area contributed by atoms with E-state index in [9.17, 15) is 4.79 Å². The van der Waals surface area contributed by atoms with Crippen molar-refractivity contribution in [1.29, 1.82) is 0 Å². The van der Waals surface area contributed by atoms with Crippen molar-refractivity contribution in [2.45, 2.75) is 18.9 Å². The highest BCUT2D eigenvalue weighted by atomic mass is 16.1. The number of hydrogen-bond donors (Lipinski definition) is 0. The molecule has 0 atom stereocenters. The lowest BCUT2D eigenvalue weighted by molar-refractivity contribution is 0.112. The van der Waals surface area contributed by atoms with Crippen LogP contribution in [0.15, 0.2) is 30.3 Å². The van der Waals surface area contributed by atoms with E-state index in [1.807, 2.05) is 37.4 Å². The smallest absolute Gasteiger partial charge is 0.153 e. The number of fused-ring (bicyclic) bond motifs is 1. The normalized spacial score (nSPS) is 14.9. The first-order chi connectivity index (χ1) is 8.29. The summed E-state index contributed by atoms with van der Waals surface area (Å²) in [5, 5.41) is 1.02. The molecule has 0 unspecified atom stereocenters. The lowest BCUT2D eigenvalue weighted by Gasteiger charge is -2.19. The Labute approximate surface area is 100 Å². The second-order valence-electron chi connectivity index (χ2n) is 4.55. The maximum Gasteiger partial charge on any atom is 0.153 e. The van der Waals surface area contributed by atoms with Crippen molar-refractivity contribution >= 4 is 23.0 Å². The molecule has 1 aromatic carbocycles. The summed E-state index contributed by atoms with van der Waals surface area (Å²) in [7, 11) is 2.02. The first kappa shape index (κ1) is 10.3. The minimum atomic E-state index is 0.558. The predicted octanol–water partition coefficient (Wildman–Crippen LogP) is 2.65. The van der Waals surface area contributed by atoms with Crippen LogP contribution in [0.2, 0.25) is 0 Å². The second kappa shape index (κ2) is 3.84. The van der Waals surface area contributed by atoms with Crippen LogP contribution >= 0.6 is 0 Å². The molecule has 0 N–H and O–H groups in total. The van der Waals surface area contributed by atoms with Gasteiger partial charge in [-0.1, -0.05) is 18.2 Å². The van der Waals surface area contributed by atoms with Crippen LogP contribution in [0.4, 0.5) is 5.82 Å². The third-order valence-electron chi connectivity index (χ3n) is 3.29. The molecular formula is C14H14N2O. The number of anilines is 1. The van der Waals surface area contributed by atoms with Gasteiger partial charge in [0.1, 0.15) is 5.82 Å². The van der Waals surface area contributed by atoms with Gasteiger partial charge in [0, 0.05) is 18.5 Å². The van der Waals surface area contributed by atoms with E-state index in [1.54, 1.807) is 0 Å². The average molecular weight is 226 g/mol. The van der Waals surface area contributed by atoms with Crippen LogP contribution in [-0.2, 0) is 0 Å². The van der Waals surface area contributed by atoms with Gasteiger partial charge in [0.25, 0.3) is 0 Å². The minimum absolute atomic E-state index is 0.558. The molecule has 0 amide bonds. The molecule has 0 bridgehead atoms. The third-order valence-corrected chi connectivity index (χ3v) is 3.29. The van der Waals surface area contributed by atoms with E-state index in [0.29, 0.717) is 11.6 Å². The van der Waals surface area contributed by atoms with E-state index in [2.05, 4.69) is 9.88 Å². The number of carbonyl (C=O) groups excluding carboxylic acids is 1. The molecule has 1 saturated carbocycles. The molecule has 0 radical (unpaired) electrons. The van der Waals surface area contributed by atoms with Crippen LogP contribution in [0, 0.1) is 0 Å². The van der Waals surface area contributed by atoms with Gasteiger partial charge in [0.15, 0.2) is 6.29 Å². The Kier molecular flexibility index (Phi) is 2.32. The van der Waals surface area contributed by atoms with Crippen LogP contribution < -0.4 is 4.90 Å². The van der Waals surface area contributed by atoms with Gasteiger partial charge >= 0.3 is 0 Å². The van der Waals surface area contributed by atoms with Crippen LogP contribution in [0.5, 0.6) is 0 Å². The maximum absolute atomic E-state index is 11.2. The van der Waals surface area contributed by atoms with E-state index >= 15 is 0 Å². The number of hydrogen-bond acceptors (Lipinski definition) is 3. The van der Waals surface area contributed by atoms with E-state index in [4.69, 9.17) is 0 Å². The number of nitrogens with zero attached hydrogens (tertiary/aromatic N) is 2. The Balaban J connectivity index is 2.17. The Morgan fingerprint density at radius 2 is 2.12 bits per heavy atom. The quantitative estimate of drug-likeness (QED) is 0.754. The Bertz CT molecular complexity index is 575. The zero-order valence-corrected chi connectivity index (χ0v) is 9.76. The number of carbonyl (C=O) groups is 1. The van der Waals surface area contributed by atoms with Crippen molar-refractivity contribution in [2.24, 2.45) is 0 Å². The highest BCUT2D eigenvalue weighted by Gasteiger charge is 2.28. The van der Waals surface area contributed by atoms with Gasteiger partial charge in [0.05, 0.1) is 11.1 Å². The number of pyridine rings is 1. The Morgan fingerprint density at radius 3 is 2.82 bits per heavy atom. The molecule has 0 saturated heterocycles. The van der Waals surface area contributed by atoms with Gasteiger partial charge in [-0.05, 0) is 25.0 Å². The van der Waals surface area contributed by atoms with Gasteiger partial charge in [-0.2, -0.15) is 0 Å². The molecule has 0 spiro atoms. The van der Waals surface area contributed by atoms with Crippen LogP contribution in [0.3, 0.4) is 0 Å². The summed E-state index contributed by atoms with van der Waals surface area (Å²) in [5.41, 5.74) is 1.62. The van der Waals surface area contributed by atoms with Crippen molar-refractivity contribution in [3.05, 3.63) is 35.9 Å². The van der Waals surface area contributed by atoms with Crippen molar-refractivity contribution in [3.8, 4) is 0 Å². The van der Waals surface area contributed by atoms with Crippen molar-refractivity contribution < 1.29 is 4.79 Å². The monoisotopic (exact) mass is 226 g/mol. The molecule has 3 nitrogen and oxygen atoms in total. The van der Waals surface area contributed by atoms with Gasteiger partial charge < -0.3 is 4.90 Å². The Hall–Kier alpha value is -1.90. The van der Waals surface area contributed by atoms with Crippen LogP contribution in [0.25, 0.3) is 10.9 Å². The zero-order valence-electron chi connectivity index (χ0n) is 9.76. The predicted molar refractivity (Wildman–Crippen MR) is 68.6 cm³/mol. The summed E-state index contributed by atoms with van der Waals surface area (Å²) in [6.45, 7) is 0. The van der Waals surface area contributed by atoms with E-state index in [-0.39, 0.29) is 0 Å². The number of benzene rings is 1. The average Bonchev–Trinajstić information content (AvgIpc) is 3.20. The number of aromatic nitrogens is 1. The molecule has 3 rings (SSSR count). The summed E-state index contributed by atoms with van der Waals surface area (Å²) >= 11 is 0. The highest BCUT2D eigenvalue weighted by Crippen LogP contribution is 2.31. The molecule has 3 heteroatoms. The highest BCUT2D eigenvalue weighted by molar-refractivity contribution is 5.91. The molecule has 17 heavy (non-hydrogen) atoms. The first-order valence-corrected chi connectivity index (χ1v) is 5.87. The molecule has 2 aromatic rings. The standard InChI is InChI=1S/C14H14N2O/c1-16(12-6-7-12)14-11(9-17)8-10-4-2-3-5-13(10)15-14/h2-5,8-9,12H,6-7H2,1H3. The number of aldehydes is 1. The molecule has 1 aliphatic rings. The summed E-state index contributed by atoms with van der Waals surface area (Å²) in [6, 6.07) is 10.4. The maximum atomic E-state index is 11.2. The molecule has 1 fully saturated rings. The van der Waals surface area contributed by atoms with Crippen molar-refractivity contribution in [1.82, 2.24) is 4.98 Å². The van der Waals surface area contributed by atoms with E-state index in [0.717, 1.165) is 23.0 Å². The molecule has 1 heterocycles. The van der Waals surface area contributed by atoms with Crippen LogP contribution in [0.1, 0.15) is 23.2 Å². The fourth-order valence-corrected chi connectivity index (χ4v) is 2.13. The molecule has 1 aliphatic carbocycles. The third kappa shape index (κ3) is 1.78. The fraction of sp³-hybridized carbons (Fsp3) is 0.286. The SMILES string of the molecule is CN(c1nc2ccccc2cc1C=O)C1CC1. The van der Waals surface area contributed by atoms with Gasteiger partial charge in [-0.25, -0.2) is 4.98 Å². The molecular weight excluding hydrogens is 212 g/mol. The molecule has 86 valence electrons. The van der Waals surface area contributed by atoms with Crippen molar-refractivity contribution in [3.63, 3.8) is 0 Å². The number of para-hydroxylation sites is 1.